The maximum atomic E-state index is 12.5. The molecule has 0 spiro atoms. The number of allylic oxidation sites excluding steroid dienone is 2. The molecule has 0 aromatic heterocycles. The minimum Gasteiger partial charge on any atom is -0.290 e. The molecule has 4 nitrogen and oxygen atoms in total. The molecule has 0 N–H and O–H groups in total. The highest BCUT2D eigenvalue weighted by molar-refractivity contribution is 7.90. The number of benzene rings is 1. The van der Waals surface area contributed by atoms with Crippen LogP contribution >= 0.6 is 46.4 Å². The Kier molecular flexibility index (Phi) is 4.93. The molecule has 23 heavy (non-hydrogen) atoms. The van der Waals surface area contributed by atoms with Crippen molar-refractivity contribution >= 4 is 67.9 Å². The van der Waals surface area contributed by atoms with E-state index in [-0.39, 0.29) is 21.2 Å². The van der Waals surface area contributed by atoms with Gasteiger partial charge in [0.25, 0.3) is 10.0 Å². The molecule has 1 atom stereocenters. The third-order valence-electron chi connectivity index (χ3n) is 3.46. The van der Waals surface area contributed by atoms with Gasteiger partial charge in [0.1, 0.15) is 4.87 Å². The van der Waals surface area contributed by atoms with Gasteiger partial charge in [-0.2, -0.15) is 12.8 Å². The van der Waals surface area contributed by atoms with Crippen LogP contribution in [0.5, 0.6) is 0 Å². The monoisotopic (exact) mass is 413 g/mol. The first kappa shape index (κ1) is 18.7. The van der Waals surface area contributed by atoms with Crippen molar-refractivity contribution in [2.24, 2.45) is 4.40 Å². The molecule has 0 radical (unpaired) electrons. The lowest BCUT2D eigenvalue weighted by molar-refractivity contribution is -0.116. The summed E-state index contributed by atoms with van der Waals surface area (Å²) in [6, 6.07) is 7.55. The molecule has 0 bridgehead atoms. The fourth-order valence-corrected chi connectivity index (χ4v) is 4.23. The second-order valence-electron chi connectivity index (χ2n) is 5.07. The predicted molar refractivity (Wildman–Crippen MR) is 93.3 cm³/mol. The second-order valence-corrected chi connectivity index (χ2v) is 9.14. The van der Waals surface area contributed by atoms with Crippen LogP contribution in [0.3, 0.4) is 0 Å². The minimum absolute atomic E-state index is 0.0319. The summed E-state index contributed by atoms with van der Waals surface area (Å²) in [4.78, 5) is 10.3. The van der Waals surface area contributed by atoms with Crippen LogP contribution in [-0.2, 0) is 14.8 Å². The largest absolute Gasteiger partial charge is 0.290 e. The number of rotatable bonds is 2. The molecule has 1 unspecified atom stereocenters. The van der Waals surface area contributed by atoms with E-state index in [1.807, 2.05) is 0 Å². The molecule has 0 fully saturated rings. The Bertz CT molecular complexity index is 827. The summed E-state index contributed by atoms with van der Waals surface area (Å²) in [5.41, 5.74) is -0.0526. The van der Waals surface area contributed by atoms with Gasteiger partial charge in [-0.05, 0) is 31.6 Å². The maximum absolute atomic E-state index is 12.5. The van der Waals surface area contributed by atoms with Crippen LogP contribution in [0.1, 0.15) is 13.8 Å². The average Bonchev–Trinajstić information content (AvgIpc) is 2.50. The van der Waals surface area contributed by atoms with Crippen LogP contribution in [0.25, 0.3) is 0 Å². The number of halogens is 4. The average molecular weight is 415 g/mol. The molecular formula is C14H11Cl4NO3S. The first-order valence-electron chi connectivity index (χ1n) is 6.31. The molecule has 0 saturated heterocycles. The van der Waals surface area contributed by atoms with Gasteiger partial charge in [0.2, 0.25) is 10.1 Å². The van der Waals surface area contributed by atoms with Gasteiger partial charge in [0.15, 0.2) is 0 Å². The summed E-state index contributed by atoms with van der Waals surface area (Å²) in [7, 11) is -4.07. The summed E-state index contributed by atoms with van der Waals surface area (Å²) in [6.45, 7) is 2.75. The van der Waals surface area contributed by atoms with Crippen LogP contribution in [-0.4, -0.2) is 29.1 Å². The van der Waals surface area contributed by atoms with Gasteiger partial charge in [-0.25, -0.2) is 0 Å². The summed E-state index contributed by atoms with van der Waals surface area (Å²) in [5.74, 6) is -0.798. The normalized spacial score (nSPS) is 26.7. The van der Waals surface area contributed by atoms with E-state index in [4.69, 9.17) is 46.4 Å². The number of Topliss-reactive ketones (excluding diaryl/α,β-unsaturated/α-hetero) is 1. The van der Waals surface area contributed by atoms with Crippen molar-refractivity contribution in [1.82, 2.24) is 0 Å². The molecule has 2 rings (SSSR count). The Hall–Kier alpha value is -0.590. The summed E-state index contributed by atoms with van der Waals surface area (Å²) >= 11 is 24.3. The van der Waals surface area contributed by atoms with Crippen molar-refractivity contribution in [2.45, 2.75) is 28.0 Å². The summed E-state index contributed by atoms with van der Waals surface area (Å²) in [6.07, 6.45) is 0. The highest BCUT2D eigenvalue weighted by Gasteiger charge is 2.58. The standard InChI is InChI=1S/C14H11Cl4NO3S/c1-8-10(15)12(20)14(17,18)13(2,16)11(8)19-23(21,22)9-6-4-3-5-7-9/h3-7H,1-2H3. The number of nitrogens with zero attached hydrogens (tertiary/aromatic N) is 1. The van der Waals surface area contributed by atoms with Crippen molar-refractivity contribution in [3.63, 3.8) is 0 Å². The minimum atomic E-state index is -4.07. The van der Waals surface area contributed by atoms with Crippen LogP contribution in [0.15, 0.2) is 50.2 Å². The molecule has 1 aliphatic carbocycles. The van der Waals surface area contributed by atoms with Gasteiger partial charge in [-0.1, -0.05) is 53.0 Å². The first-order chi connectivity index (χ1) is 10.4. The van der Waals surface area contributed by atoms with E-state index in [9.17, 15) is 13.2 Å². The Morgan fingerprint density at radius 2 is 1.61 bits per heavy atom. The SMILES string of the molecule is CC1=C(Cl)C(=O)C(Cl)(Cl)C(C)(Cl)C1=NS(=O)(=O)c1ccccc1. The van der Waals surface area contributed by atoms with Gasteiger partial charge in [-0.3, -0.25) is 4.79 Å². The maximum Gasteiger partial charge on any atom is 0.282 e. The molecule has 0 amide bonds. The fourth-order valence-electron chi connectivity index (χ4n) is 2.05. The highest BCUT2D eigenvalue weighted by Crippen LogP contribution is 2.48. The number of hydrogen-bond acceptors (Lipinski definition) is 3. The zero-order valence-corrected chi connectivity index (χ0v) is 15.8. The molecule has 0 aliphatic heterocycles. The van der Waals surface area contributed by atoms with Crippen molar-refractivity contribution < 1.29 is 13.2 Å². The fraction of sp³-hybridized carbons (Fsp3) is 0.286. The lowest BCUT2D eigenvalue weighted by Gasteiger charge is -2.38. The number of carbonyl (C=O) groups is 1. The van der Waals surface area contributed by atoms with Crippen molar-refractivity contribution in [1.29, 1.82) is 0 Å². The van der Waals surface area contributed by atoms with Gasteiger partial charge < -0.3 is 0 Å². The van der Waals surface area contributed by atoms with E-state index in [2.05, 4.69) is 4.40 Å². The van der Waals surface area contributed by atoms with Crippen LogP contribution in [0, 0.1) is 0 Å². The molecule has 124 valence electrons. The second kappa shape index (κ2) is 6.05. The van der Waals surface area contributed by atoms with Crippen LogP contribution in [0.4, 0.5) is 0 Å². The number of hydrogen-bond donors (Lipinski definition) is 0. The van der Waals surface area contributed by atoms with Gasteiger partial charge in [-0.15, -0.1) is 11.6 Å². The van der Waals surface area contributed by atoms with Crippen LogP contribution < -0.4 is 0 Å². The molecule has 9 heteroatoms. The van der Waals surface area contributed by atoms with Crippen molar-refractivity contribution in [3.8, 4) is 0 Å². The van der Waals surface area contributed by atoms with E-state index >= 15 is 0 Å². The van der Waals surface area contributed by atoms with Gasteiger partial charge in [0, 0.05) is 0 Å². The Labute approximate surface area is 154 Å². The number of sulfonamides is 1. The smallest absolute Gasteiger partial charge is 0.282 e. The summed E-state index contributed by atoms with van der Waals surface area (Å²) < 4.78 is 26.5. The highest BCUT2D eigenvalue weighted by atomic mass is 35.5. The Morgan fingerprint density at radius 1 is 1.09 bits per heavy atom. The third-order valence-corrected chi connectivity index (χ3v) is 6.96. The lowest BCUT2D eigenvalue weighted by Crippen LogP contribution is -2.55. The topological polar surface area (TPSA) is 63.6 Å². The van der Waals surface area contributed by atoms with Crippen LogP contribution in [0.2, 0.25) is 0 Å². The van der Waals surface area contributed by atoms with E-state index in [0.29, 0.717) is 0 Å². The number of alkyl halides is 3. The van der Waals surface area contributed by atoms with Crippen molar-refractivity contribution in [3.05, 3.63) is 40.9 Å². The molecule has 1 aromatic carbocycles. The van der Waals surface area contributed by atoms with E-state index in [1.54, 1.807) is 18.2 Å². The predicted octanol–water partition coefficient (Wildman–Crippen LogP) is 4.08. The molecule has 1 aliphatic rings. The Balaban J connectivity index is 2.73. The first-order valence-corrected chi connectivity index (χ1v) is 9.27. The van der Waals surface area contributed by atoms with Gasteiger partial charge in [0.05, 0.1) is 15.6 Å². The zero-order valence-electron chi connectivity index (χ0n) is 12.0. The molecule has 0 heterocycles. The van der Waals surface area contributed by atoms with E-state index < -0.39 is 25.0 Å². The Morgan fingerprint density at radius 3 is 2.13 bits per heavy atom. The van der Waals surface area contributed by atoms with Crippen molar-refractivity contribution in [2.75, 3.05) is 0 Å². The zero-order chi connectivity index (χ0) is 17.6. The van der Waals surface area contributed by atoms with Gasteiger partial charge >= 0.3 is 0 Å². The molecular weight excluding hydrogens is 404 g/mol. The third kappa shape index (κ3) is 3.05. The lowest BCUT2D eigenvalue weighted by atomic mass is 9.86. The number of ketones is 1. The summed E-state index contributed by atoms with van der Waals surface area (Å²) in [5, 5.41) is -0.296. The van der Waals surface area contributed by atoms with E-state index in [0.717, 1.165) is 0 Å². The quantitative estimate of drug-likeness (QED) is 0.684. The number of carbonyl (C=O) groups excluding carboxylic acids is 1. The van der Waals surface area contributed by atoms with E-state index in [1.165, 1.54) is 26.0 Å². The molecule has 1 aromatic rings. The molecule has 0 saturated carbocycles.